The van der Waals surface area contributed by atoms with E-state index < -0.39 is 0 Å². The molecule has 19 heavy (non-hydrogen) atoms. The van der Waals surface area contributed by atoms with Crippen molar-refractivity contribution in [3.05, 3.63) is 29.3 Å². The summed E-state index contributed by atoms with van der Waals surface area (Å²) in [5.41, 5.74) is 0. The van der Waals surface area contributed by atoms with Gasteiger partial charge in [-0.05, 0) is 19.1 Å². The Morgan fingerprint density at radius 1 is 1.53 bits per heavy atom. The molecule has 0 saturated carbocycles. The summed E-state index contributed by atoms with van der Waals surface area (Å²) in [6, 6.07) is 7.54. The molecule has 2 rings (SSSR count). The number of nitrogens with zero attached hydrogens (tertiary/aromatic N) is 1. The number of halogens is 1. The molecule has 1 aromatic rings. The van der Waals surface area contributed by atoms with Crippen molar-refractivity contribution in [3.8, 4) is 5.75 Å². The number of hydrogen-bond acceptors (Lipinski definition) is 3. The molecule has 0 radical (unpaired) electrons. The van der Waals surface area contributed by atoms with E-state index in [2.05, 4.69) is 12.2 Å². The van der Waals surface area contributed by atoms with E-state index in [9.17, 15) is 4.79 Å². The van der Waals surface area contributed by atoms with E-state index in [0.29, 0.717) is 23.8 Å². The van der Waals surface area contributed by atoms with Gasteiger partial charge in [0.1, 0.15) is 5.75 Å². The van der Waals surface area contributed by atoms with Crippen molar-refractivity contribution < 1.29 is 9.53 Å². The van der Waals surface area contributed by atoms with Crippen LogP contribution >= 0.6 is 11.6 Å². The van der Waals surface area contributed by atoms with Crippen LogP contribution < -0.4 is 10.1 Å². The zero-order valence-corrected chi connectivity index (χ0v) is 11.8. The number of benzene rings is 1. The molecule has 0 unspecified atom stereocenters. The van der Waals surface area contributed by atoms with Crippen molar-refractivity contribution in [2.45, 2.75) is 19.4 Å². The van der Waals surface area contributed by atoms with Gasteiger partial charge in [-0.1, -0.05) is 23.7 Å². The number of para-hydroxylation sites is 1. The minimum absolute atomic E-state index is 0.140. The molecular formula is C14H19ClN2O2. The zero-order chi connectivity index (χ0) is 13.7. The average molecular weight is 283 g/mol. The predicted octanol–water partition coefficient (Wildman–Crippen LogP) is 1.93. The van der Waals surface area contributed by atoms with Crippen molar-refractivity contribution in [2.75, 3.05) is 26.2 Å². The van der Waals surface area contributed by atoms with Crippen molar-refractivity contribution in [2.24, 2.45) is 0 Å². The first-order valence-corrected chi connectivity index (χ1v) is 6.94. The first-order valence-electron chi connectivity index (χ1n) is 6.56. The molecule has 1 aromatic carbocycles. The quantitative estimate of drug-likeness (QED) is 0.917. The fraction of sp³-hybridized carbons (Fsp3) is 0.500. The summed E-state index contributed by atoms with van der Waals surface area (Å²) in [5.74, 6) is 0.770. The lowest BCUT2D eigenvalue weighted by atomic mass is 10.2. The molecule has 0 aromatic heterocycles. The summed E-state index contributed by atoms with van der Waals surface area (Å²) in [4.78, 5) is 14.0. The molecule has 1 aliphatic heterocycles. The largest absolute Gasteiger partial charge is 0.491 e. The summed E-state index contributed by atoms with van der Waals surface area (Å²) in [7, 11) is 0. The first-order chi connectivity index (χ1) is 9.18. The molecule has 0 bridgehead atoms. The number of hydrogen-bond donors (Lipinski definition) is 1. The monoisotopic (exact) mass is 282 g/mol. The molecule has 0 spiro atoms. The molecule has 104 valence electrons. The lowest BCUT2D eigenvalue weighted by Crippen LogP contribution is -2.52. The number of ether oxygens (including phenoxy) is 1. The van der Waals surface area contributed by atoms with Crippen LogP contribution in [0.1, 0.15) is 13.3 Å². The van der Waals surface area contributed by atoms with Gasteiger partial charge in [-0.25, -0.2) is 0 Å². The zero-order valence-electron chi connectivity index (χ0n) is 11.1. The van der Waals surface area contributed by atoms with E-state index >= 15 is 0 Å². The maximum absolute atomic E-state index is 12.1. The van der Waals surface area contributed by atoms with Gasteiger partial charge in [0.15, 0.2) is 0 Å². The average Bonchev–Trinajstić information content (AvgIpc) is 2.41. The topological polar surface area (TPSA) is 41.6 Å². The highest BCUT2D eigenvalue weighted by atomic mass is 35.5. The highest BCUT2D eigenvalue weighted by Gasteiger charge is 2.22. The number of piperazine rings is 1. The molecule has 5 heteroatoms. The van der Waals surface area contributed by atoms with Crippen molar-refractivity contribution in [1.82, 2.24) is 10.2 Å². The molecule has 1 aliphatic rings. The summed E-state index contributed by atoms with van der Waals surface area (Å²) >= 11 is 5.98. The Hall–Kier alpha value is -1.26. The van der Waals surface area contributed by atoms with Gasteiger partial charge >= 0.3 is 0 Å². The Morgan fingerprint density at radius 2 is 2.32 bits per heavy atom. The highest BCUT2D eigenvalue weighted by molar-refractivity contribution is 6.32. The Balaban J connectivity index is 1.79. The third kappa shape index (κ3) is 3.85. The highest BCUT2D eigenvalue weighted by Crippen LogP contribution is 2.23. The van der Waals surface area contributed by atoms with E-state index in [1.165, 1.54) is 0 Å². The standard InChI is InChI=1S/C14H19ClN2O2/c1-11-10-16-7-8-17(11)14(18)6-9-19-13-5-3-2-4-12(13)15/h2-5,11,16H,6-10H2,1H3/t11-/m1/s1. The van der Waals surface area contributed by atoms with Gasteiger partial charge in [-0.3, -0.25) is 4.79 Å². The Kier molecular flexibility index (Phi) is 5.05. The van der Waals surface area contributed by atoms with Gasteiger partial charge in [-0.15, -0.1) is 0 Å². The fourth-order valence-corrected chi connectivity index (χ4v) is 2.36. The van der Waals surface area contributed by atoms with Crippen LogP contribution in [-0.2, 0) is 4.79 Å². The summed E-state index contributed by atoms with van der Waals surface area (Å²) in [6.45, 7) is 4.91. The second-order valence-electron chi connectivity index (χ2n) is 4.67. The smallest absolute Gasteiger partial charge is 0.226 e. The van der Waals surface area contributed by atoms with Gasteiger partial charge in [-0.2, -0.15) is 0 Å². The third-order valence-electron chi connectivity index (χ3n) is 3.23. The van der Waals surface area contributed by atoms with Crippen molar-refractivity contribution in [3.63, 3.8) is 0 Å². The minimum Gasteiger partial charge on any atom is -0.491 e. The van der Waals surface area contributed by atoms with Crippen LogP contribution in [0.15, 0.2) is 24.3 Å². The van der Waals surface area contributed by atoms with Crippen molar-refractivity contribution >= 4 is 17.5 Å². The molecular weight excluding hydrogens is 264 g/mol. The third-order valence-corrected chi connectivity index (χ3v) is 3.54. The maximum Gasteiger partial charge on any atom is 0.226 e. The molecule has 1 atom stereocenters. The first kappa shape index (κ1) is 14.2. The van der Waals surface area contributed by atoms with Crippen LogP contribution in [0.5, 0.6) is 5.75 Å². The number of rotatable bonds is 4. The molecule has 1 N–H and O–H groups in total. The molecule has 1 fully saturated rings. The number of amides is 1. The fourth-order valence-electron chi connectivity index (χ4n) is 2.17. The van der Waals surface area contributed by atoms with E-state index in [4.69, 9.17) is 16.3 Å². The van der Waals surface area contributed by atoms with Crippen LogP contribution in [0.3, 0.4) is 0 Å². The van der Waals surface area contributed by atoms with Gasteiger partial charge in [0.05, 0.1) is 18.1 Å². The van der Waals surface area contributed by atoms with Crippen LogP contribution in [0.2, 0.25) is 5.02 Å². The normalized spacial score (nSPS) is 19.3. The number of carbonyl (C=O) groups excluding carboxylic acids is 1. The second-order valence-corrected chi connectivity index (χ2v) is 5.08. The Bertz CT molecular complexity index is 439. The van der Waals surface area contributed by atoms with E-state index in [0.717, 1.165) is 19.6 Å². The second kappa shape index (κ2) is 6.78. The van der Waals surface area contributed by atoms with Crippen molar-refractivity contribution in [1.29, 1.82) is 0 Å². The van der Waals surface area contributed by atoms with E-state index in [1.54, 1.807) is 12.1 Å². The lowest BCUT2D eigenvalue weighted by molar-refractivity contribution is -0.134. The Morgan fingerprint density at radius 3 is 3.05 bits per heavy atom. The number of nitrogens with one attached hydrogen (secondary N) is 1. The van der Waals surface area contributed by atoms with E-state index in [1.807, 2.05) is 17.0 Å². The Labute approximate surface area is 118 Å². The molecule has 1 saturated heterocycles. The van der Waals surface area contributed by atoms with Crippen LogP contribution in [-0.4, -0.2) is 43.1 Å². The molecule has 4 nitrogen and oxygen atoms in total. The van der Waals surface area contributed by atoms with Gasteiger partial charge in [0.25, 0.3) is 0 Å². The summed E-state index contributed by atoms with van der Waals surface area (Å²) in [6.07, 6.45) is 0.384. The minimum atomic E-state index is 0.140. The van der Waals surface area contributed by atoms with Crippen LogP contribution in [0.25, 0.3) is 0 Å². The molecule has 0 aliphatic carbocycles. The van der Waals surface area contributed by atoms with E-state index in [-0.39, 0.29) is 11.9 Å². The number of carbonyl (C=O) groups is 1. The van der Waals surface area contributed by atoms with Gasteiger partial charge in [0, 0.05) is 25.7 Å². The molecule has 1 amide bonds. The predicted molar refractivity (Wildman–Crippen MR) is 75.6 cm³/mol. The maximum atomic E-state index is 12.1. The lowest BCUT2D eigenvalue weighted by Gasteiger charge is -2.34. The van der Waals surface area contributed by atoms with Gasteiger partial charge in [0.2, 0.25) is 5.91 Å². The SMILES string of the molecule is C[C@@H]1CNCCN1C(=O)CCOc1ccccc1Cl. The van der Waals surface area contributed by atoms with Gasteiger partial charge < -0.3 is 15.0 Å². The van der Waals surface area contributed by atoms with Crippen LogP contribution in [0, 0.1) is 0 Å². The summed E-state index contributed by atoms with van der Waals surface area (Å²) < 4.78 is 5.54. The summed E-state index contributed by atoms with van der Waals surface area (Å²) in [5, 5.41) is 3.84. The van der Waals surface area contributed by atoms with Crippen LogP contribution in [0.4, 0.5) is 0 Å². The molecule has 1 heterocycles.